The molecule has 1 heterocycles. The van der Waals surface area contributed by atoms with E-state index in [1.54, 1.807) is 30.0 Å². The second-order valence-corrected chi connectivity index (χ2v) is 12.1. The number of fused-ring (bicyclic) bond motifs is 2. The van der Waals surface area contributed by atoms with E-state index in [1.807, 2.05) is 6.07 Å². The van der Waals surface area contributed by atoms with Gasteiger partial charge in [0, 0.05) is 62.9 Å². The summed E-state index contributed by atoms with van der Waals surface area (Å²) in [5.74, 6) is -0.542. The third-order valence-corrected chi connectivity index (χ3v) is 8.73. The number of carbonyl (C=O) groups is 1. The van der Waals surface area contributed by atoms with Gasteiger partial charge in [-0.15, -0.1) is 0 Å². The van der Waals surface area contributed by atoms with Crippen molar-refractivity contribution in [3.8, 4) is 0 Å². The minimum absolute atomic E-state index is 0.290. The lowest BCUT2D eigenvalue weighted by Gasteiger charge is -2.30. The van der Waals surface area contributed by atoms with Crippen LogP contribution >= 0.6 is 0 Å². The van der Waals surface area contributed by atoms with E-state index in [1.165, 1.54) is 33.7 Å². The standard InChI is InChI=1S/C32H37N5O3S/c1-36(2)41(40)34-20-24-7-9-25(10-8-24)22-37(18-17-27-21-33-30-6-4-3-5-28(27)30)31-15-13-26-19-23(11-14-29(26)31)12-16-32(38)35-39/h3-12,14,16,19,21,31,33-34,39H,13,15,17-18,20,22H2,1-2H3,(H,35,38)/b16-12+. The van der Waals surface area contributed by atoms with Crippen molar-refractivity contribution in [2.75, 3.05) is 20.6 Å². The number of nitrogens with zero attached hydrogens (tertiary/aromatic N) is 2. The number of rotatable bonds is 12. The summed E-state index contributed by atoms with van der Waals surface area (Å²) in [6.07, 6.45) is 8.13. The SMILES string of the molecule is CN(C)S(=O)NCc1ccc(CN(CCc2c[nH]c3ccccc23)C2CCc3cc(/C=C/C(=O)NO)ccc32)cc1. The van der Waals surface area contributed by atoms with Crippen molar-refractivity contribution in [2.45, 2.75) is 38.4 Å². The maximum Gasteiger partial charge on any atom is 0.267 e. The number of amides is 1. The average molecular weight is 572 g/mol. The van der Waals surface area contributed by atoms with Gasteiger partial charge in [0.15, 0.2) is 11.2 Å². The molecule has 2 atom stereocenters. The molecule has 0 spiro atoms. The summed E-state index contributed by atoms with van der Waals surface area (Å²) in [5.41, 5.74) is 10.0. The number of hydrogen-bond donors (Lipinski definition) is 4. The Morgan fingerprint density at radius 1 is 1.10 bits per heavy atom. The molecule has 4 aromatic rings. The van der Waals surface area contributed by atoms with Gasteiger partial charge in [0.1, 0.15) is 0 Å². The molecule has 0 bridgehead atoms. The summed E-state index contributed by atoms with van der Waals surface area (Å²) in [5, 5.41) is 10.0. The third-order valence-electron chi connectivity index (χ3n) is 7.67. The number of para-hydroxylation sites is 1. The molecule has 0 fully saturated rings. The summed E-state index contributed by atoms with van der Waals surface area (Å²) >= 11 is -1.21. The zero-order chi connectivity index (χ0) is 28.8. The van der Waals surface area contributed by atoms with Crippen LogP contribution in [-0.2, 0) is 41.9 Å². The van der Waals surface area contributed by atoms with E-state index in [0.29, 0.717) is 6.54 Å². The maximum atomic E-state index is 12.0. The van der Waals surface area contributed by atoms with E-state index < -0.39 is 17.1 Å². The molecule has 9 heteroatoms. The van der Waals surface area contributed by atoms with Gasteiger partial charge in [-0.2, -0.15) is 0 Å². The van der Waals surface area contributed by atoms with Crippen LogP contribution in [0.15, 0.2) is 79.0 Å². The molecule has 1 aliphatic carbocycles. The lowest BCUT2D eigenvalue weighted by atomic mass is 10.0. The minimum Gasteiger partial charge on any atom is -0.361 e. The monoisotopic (exact) mass is 571 g/mol. The van der Waals surface area contributed by atoms with Crippen LogP contribution in [-0.4, -0.2) is 50.2 Å². The molecule has 0 radical (unpaired) electrons. The van der Waals surface area contributed by atoms with Crippen LogP contribution in [0.4, 0.5) is 0 Å². The Kier molecular flexibility index (Phi) is 9.43. The minimum atomic E-state index is -1.21. The van der Waals surface area contributed by atoms with Crippen LogP contribution in [0.2, 0.25) is 0 Å². The molecule has 41 heavy (non-hydrogen) atoms. The van der Waals surface area contributed by atoms with E-state index >= 15 is 0 Å². The molecule has 1 aliphatic rings. The molecule has 4 N–H and O–H groups in total. The number of aromatic amines is 1. The number of H-pyrrole nitrogens is 1. The Hall–Kier alpha value is -3.60. The fraction of sp³-hybridized carbons (Fsp3) is 0.281. The molecule has 1 aromatic heterocycles. The van der Waals surface area contributed by atoms with Gasteiger partial charge in [-0.1, -0.05) is 60.7 Å². The number of nitrogens with one attached hydrogen (secondary N) is 3. The number of benzene rings is 3. The highest BCUT2D eigenvalue weighted by molar-refractivity contribution is 7.80. The molecule has 2 unspecified atom stereocenters. The zero-order valence-corrected chi connectivity index (χ0v) is 24.3. The summed E-state index contributed by atoms with van der Waals surface area (Å²) in [6.45, 7) is 2.28. The van der Waals surface area contributed by atoms with Crippen molar-refractivity contribution in [2.24, 2.45) is 0 Å². The van der Waals surface area contributed by atoms with Crippen LogP contribution in [0.1, 0.15) is 45.8 Å². The van der Waals surface area contributed by atoms with Gasteiger partial charge in [-0.3, -0.25) is 14.9 Å². The van der Waals surface area contributed by atoms with Gasteiger partial charge in [0.2, 0.25) is 0 Å². The van der Waals surface area contributed by atoms with E-state index in [-0.39, 0.29) is 6.04 Å². The molecular weight excluding hydrogens is 534 g/mol. The van der Waals surface area contributed by atoms with Crippen molar-refractivity contribution in [1.82, 2.24) is 24.4 Å². The summed E-state index contributed by atoms with van der Waals surface area (Å²) in [4.78, 5) is 17.4. The largest absolute Gasteiger partial charge is 0.361 e. The smallest absolute Gasteiger partial charge is 0.267 e. The van der Waals surface area contributed by atoms with Crippen LogP contribution < -0.4 is 10.2 Å². The first-order valence-electron chi connectivity index (χ1n) is 13.9. The molecular formula is C32H37N5O3S. The number of hydroxylamine groups is 1. The average Bonchev–Trinajstić information content (AvgIpc) is 3.61. The first-order chi connectivity index (χ1) is 19.9. The number of aryl methyl sites for hydroxylation is 1. The highest BCUT2D eigenvalue weighted by Gasteiger charge is 2.28. The number of carbonyl (C=O) groups excluding carboxylic acids is 1. The fourth-order valence-electron chi connectivity index (χ4n) is 5.53. The van der Waals surface area contributed by atoms with Crippen molar-refractivity contribution in [3.05, 3.63) is 112 Å². The lowest BCUT2D eigenvalue weighted by molar-refractivity contribution is -0.124. The first-order valence-corrected chi connectivity index (χ1v) is 15.0. The van der Waals surface area contributed by atoms with Gasteiger partial charge < -0.3 is 4.98 Å². The Bertz CT molecular complexity index is 1550. The number of hydrogen-bond acceptors (Lipinski definition) is 4. The van der Waals surface area contributed by atoms with E-state index in [2.05, 4.69) is 81.5 Å². The van der Waals surface area contributed by atoms with E-state index in [9.17, 15) is 9.00 Å². The molecule has 0 aliphatic heterocycles. The quantitative estimate of drug-likeness (QED) is 0.113. The molecule has 214 valence electrons. The van der Waals surface area contributed by atoms with Crippen LogP contribution in [0, 0.1) is 0 Å². The lowest BCUT2D eigenvalue weighted by Crippen LogP contribution is -2.29. The molecule has 1 amide bonds. The van der Waals surface area contributed by atoms with Crippen molar-refractivity contribution >= 4 is 34.1 Å². The van der Waals surface area contributed by atoms with Gasteiger partial charge in [-0.25, -0.2) is 18.7 Å². The van der Waals surface area contributed by atoms with Crippen molar-refractivity contribution in [1.29, 1.82) is 0 Å². The molecule has 0 saturated carbocycles. The van der Waals surface area contributed by atoms with Gasteiger partial charge in [-0.05, 0) is 64.8 Å². The van der Waals surface area contributed by atoms with Crippen LogP contribution in [0.3, 0.4) is 0 Å². The van der Waals surface area contributed by atoms with Gasteiger partial charge in [0.05, 0.1) is 0 Å². The maximum absolute atomic E-state index is 12.0. The van der Waals surface area contributed by atoms with E-state index in [4.69, 9.17) is 5.21 Å². The van der Waals surface area contributed by atoms with Crippen molar-refractivity contribution in [3.63, 3.8) is 0 Å². The molecule has 3 aromatic carbocycles. The molecule has 8 nitrogen and oxygen atoms in total. The Balaban J connectivity index is 1.35. The number of aromatic nitrogens is 1. The second-order valence-electron chi connectivity index (χ2n) is 10.6. The van der Waals surface area contributed by atoms with Crippen molar-refractivity contribution < 1.29 is 14.2 Å². The highest BCUT2D eigenvalue weighted by atomic mass is 32.2. The molecule has 5 rings (SSSR count). The van der Waals surface area contributed by atoms with Gasteiger partial charge >= 0.3 is 0 Å². The first kappa shape index (κ1) is 28.9. The summed E-state index contributed by atoms with van der Waals surface area (Å²) < 4.78 is 16.7. The third kappa shape index (κ3) is 7.19. The fourth-order valence-corrected chi connectivity index (χ4v) is 6.07. The molecule has 0 saturated heterocycles. The van der Waals surface area contributed by atoms with Gasteiger partial charge in [0.25, 0.3) is 5.91 Å². The highest BCUT2D eigenvalue weighted by Crippen LogP contribution is 2.37. The Labute approximate surface area is 243 Å². The predicted molar refractivity (Wildman–Crippen MR) is 164 cm³/mol. The Morgan fingerprint density at radius 3 is 2.66 bits per heavy atom. The summed E-state index contributed by atoms with van der Waals surface area (Å²) in [6, 6.07) is 23.7. The normalized spacial score (nSPS) is 15.7. The Morgan fingerprint density at radius 2 is 1.88 bits per heavy atom. The van der Waals surface area contributed by atoms with Crippen LogP contribution in [0.5, 0.6) is 0 Å². The summed E-state index contributed by atoms with van der Waals surface area (Å²) in [7, 11) is 3.57. The second kappa shape index (κ2) is 13.4. The zero-order valence-electron chi connectivity index (χ0n) is 23.5. The predicted octanol–water partition coefficient (Wildman–Crippen LogP) is 4.65. The topological polar surface area (TPSA) is 101 Å². The van der Waals surface area contributed by atoms with Crippen LogP contribution in [0.25, 0.3) is 17.0 Å². The van der Waals surface area contributed by atoms with E-state index in [0.717, 1.165) is 49.0 Å².